The molecule has 0 saturated heterocycles. The van der Waals surface area contributed by atoms with Gasteiger partial charge in [-0.2, -0.15) is 0 Å². The fraction of sp³-hybridized carbons (Fsp3) is 0.135. The van der Waals surface area contributed by atoms with Crippen molar-refractivity contribution in [2.75, 3.05) is 0 Å². The van der Waals surface area contributed by atoms with Gasteiger partial charge < -0.3 is 15.0 Å². The molecule has 6 heteroatoms. The second-order valence-electron chi connectivity index (χ2n) is 11.4. The summed E-state index contributed by atoms with van der Waals surface area (Å²) in [5.41, 5.74) is 4.97. The number of hydrogen-bond acceptors (Lipinski definition) is 2. The number of carboxylic acids is 1. The predicted octanol–water partition coefficient (Wildman–Crippen LogP) is 8.33. The highest BCUT2D eigenvalue weighted by atomic mass is 19.1. The molecule has 1 amide bonds. The van der Waals surface area contributed by atoms with Crippen LogP contribution < -0.4 is 5.32 Å². The smallest absolute Gasteiger partial charge is 0.335 e. The summed E-state index contributed by atoms with van der Waals surface area (Å²) < 4.78 is 16.0. The molecule has 0 spiro atoms. The van der Waals surface area contributed by atoms with Crippen LogP contribution in [0.3, 0.4) is 0 Å². The van der Waals surface area contributed by atoms with E-state index in [1.165, 1.54) is 28.5 Å². The van der Waals surface area contributed by atoms with E-state index in [-0.39, 0.29) is 28.9 Å². The average molecular weight is 569 g/mol. The van der Waals surface area contributed by atoms with Crippen LogP contribution in [0.25, 0.3) is 32.8 Å². The van der Waals surface area contributed by atoms with Crippen LogP contribution in [-0.4, -0.2) is 21.6 Å². The largest absolute Gasteiger partial charge is 0.478 e. The van der Waals surface area contributed by atoms with Gasteiger partial charge in [-0.3, -0.25) is 4.79 Å². The van der Waals surface area contributed by atoms with E-state index in [1.54, 1.807) is 36.4 Å². The minimum Gasteiger partial charge on any atom is -0.478 e. The number of carbonyl (C=O) groups is 2. The molecule has 2 N–H and O–H groups in total. The van der Waals surface area contributed by atoms with Crippen molar-refractivity contribution in [2.24, 2.45) is 0 Å². The summed E-state index contributed by atoms with van der Waals surface area (Å²) in [7, 11) is 0. The van der Waals surface area contributed by atoms with Gasteiger partial charge in [0.25, 0.3) is 5.91 Å². The van der Waals surface area contributed by atoms with Crippen LogP contribution in [0.2, 0.25) is 0 Å². The predicted molar refractivity (Wildman–Crippen MR) is 167 cm³/mol. The molecule has 5 aromatic carbocycles. The Morgan fingerprint density at radius 2 is 1.53 bits per heavy atom. The van der Waals surface area contributed by atoms with Crippen LogP contribution in [-0.2, 0) is 5.54 Å². The van der Waals surface area contributed by atoms with Gasteiger partial charge in [-0.05, 0) is 101 Å². The number of benzene rings is 5. The summed E-state index contributed by atoms with van der Waals surface area (Å²) in [5, 5.41) is 15.7. The van der Waals surface area contributed by atoms with E-state index in [0.717, 1.165) is 40.4 Å². The van der Waals surface area contributed by atoms with Crippen LogP contribution in [0, 0.1) is 5.82 Å². The monoisotopic (exact) mass is 568 g/mol. The Bertz CT molecular complexity index is 2020. The van der Waals surface area contributed by atoms with Gasteiger partial charge in [0.2, 0.25) is 0 Å². The van der Waals surface area contributed by atoms with Gasteiger partial charge in [-0.15, -0.1) is 0 Å². The van der Waals surface area contributed by atoms with Crippen LogP contribution in [0.1, 0.15) is 57.7 Å². The number of aromatic carboxylic acids is 1. The molecule has 1 heterocycles. The Morgan fingerprint density at radius 1 is 0.814 bits per heavy atom. The molecule has 5 nitrogen and oxygen atoms in total. The summed E-state index contributed by atoms with van der Waals surface area (Å²) in [4.78, 5) is 25.4. The molecule has 0 radical (unpaired) electrons. The molecule has 43 heavy (non-hydrogen) atoms. The van der Waals surface area contributed by atoms with Gasteiger partial charge in [0.15, 0.2) is 0 Å². The number of aromatic nitrogens is 1. The first-order valence-corrected chi connectivity index (χ1v) is 14.4. The summed E-state index contributed by atoms with van der Waals surface area (Å²) in [6, 6.07) is 33.4. The Morgan fingerprint density at radius 3 is 2.23 bits per heavy atom. The van der Waals surface area contributed by atoms with Gasteiger partial charge in [0.05, 0.1) is 28.2 Å². The third-order valence-electron chi connectivity index (χ3n) is 8.68. The Balaban J connectivity index is 1.33. The number of carboxylic acid groups (broad SMARTS) is 1. The van der Waals surface area contributed by atoms with Crippen molar-refractivity contribution in [3.63, 3.8) is 0 Å². The summed E-state index contributed by atoms with van der Waals surface area (Å²) in [6.07, 6.45) is 4.00. The highest BCUT2D eigenvalue weighted by molar-refractivity contribution is 6.08. The van der Waals surface area contributed by atoms with E-state index in [2.05, 4.69) is 52.5 Å². The number of amides is 1. The lowest BCUT2D eigenvalue weighted by Crippen LogP contribution is -2.28. The van der Waals surface area contributed by atoms with Crippen LogP contribution in [0.5, 0.6) is 0 Å². The first kappa shape index (κ1) is 26.7. The lowest BCUT2D eigenvalue weighted by Gasteiger charge is -2.23. The number of carbonyl (C=O) groups excluding carboxylic acids is 1. The standard InChI is InChI=1S/C37H29FN2O3/c1-23(24-6-8-27(9-7-24)36(42)43)39-35(41)33-22-30(26-11-14-32(38)15-12-26)20-29-16-19-40(34(29)33)37(17-18-37)31-13-10-25-4-2-3-5-28(25)21-31/h2-16,19-23H,17-18H2,1H3,(H,39,41)(H,42,43)/t23-/m0/s1. The second-order valence-corrected chi connectivity index (χ2v) is 11.4. The zero-order valence-electron chi connectivity index (χ0n) is 23.6. The number of rotatable bonds is 7. The van der Waals surface area contributed by atoms with E-state index >= 15 is 0 Å². The maximum absolute atomic E-state index is 14.1. The van der Waals surface area contributed by atoms with Crippen molar-refractivity contribution in [1.29, 1.82) is 0 Å². The summed E-state index contributed by atoms with van der Waals surface area (Å²) >= 11 is 0. The molecular weight excluding hydrogens is 539 g/mol. The molecule has 1 aromatic heterocycles. The molecule has 1 fully saturated rings. The third kappa shape index (κ3) is 4.75. The van der Waals surface area contributed by atoms with Crippen LogP contribution in [0.15, 0.2) is 115 Å². The van der Waals surface area contributed by atoms with Gasteiger partial charge in [-0.25, -0.2) is 9.18 Å². The molecule has 1 aliphatic carbocycles. The van der Waals surface area contributed by atoms with Gasteiger partial charge in [-0.1, -0.05) is 60.7 Å². The Hall–Kier alpha value is -5.23. The van der Waals surface area contributed by atoms with E-state index in [9.17, 15) is 19.1 Å². The van der Waals surface area contributed by atoms with Gasteiger partial charge >= 0.3 is 5.97 Å². The van der Waals surface area contributed by atoms with Crippen molar-refractivity contribution in [2.45, 2.75) is 31.3 Å². The summed E-state index contributed by atoms with van der Waals surface area (Å²) in [5.74, 6) is -1.55. The van der Waals surface area contributed by atoms with Crippen molar-refractivity contribution < 1.29 is 19.1 Å². The number of nitrogens with zero attached hydrogens (tertiary/aromatic N) is 1. The van der Waals surface area contributed by atoms with Crippen molar-refractivity contribution in [3.05, 3.63) is 143 Å². The normalized spacial score (nSPS) is 14.5. The quantitative estimate of drug-likeness (QED) is 0.203. The molecule has 1 saturated carbocycles. The summed E-state index contributed by atoms with van der Waals surface area (Å²) in [6.45, 7) is 1.88. The van der Waals surface area contributed by atoms with E-state index in [0.29, 0.717) is 5.56 Å². The maximum Gasteiger partial charge on any atom is 0.335 e. The number of fused-ring (bicyclic) bond motifs is 2. The molecule has 0 unspecified atom stereocenters. The van der Waals surface area contributed by atoms with E-state index < -0.39 is 5.97 Å². The molecule has 7 rings (SSSR count). The number of halogens is 1. The number of hydrogen-bond donors (Lipinski definition) is 2. The molecular formula is C37H29FN2O3. The van der Waals surface area contributed by atoms with E-state index in [1.807, 2.05) is 31.2 Å². The fourth-order valence-corrected chi connectivity index (χ4v) is 6.16. The topological polar surface area (TPSA) is 71.3 Å². The lowest BCUT2D eigenvalue weighted by molar-refractivity contribution is 0.0696. The van der Waals surface area contributed by atoms with Gasteiger partial charge in [0, 0.05) is 11.6 Å². The first-order valence-electron chi connectivity index (χ1n) is 14.4. The molecule has 1 aliphatic rings. The zero-order chi connectivity index (χ0) is 29.7. The third-order valence-corrected chi connectivity index (χ3v) is 8.68. The molecule has 212 valence electrons. The minimum atomic E-state index is -0.996. The van der Waals surface area contributed by atoms with E-state index in [4.69, 9.17) is 0 Å². The fourth-order valence-electron chi connectivity index (χ4n) is 6.16. The van der Waals surface area contributed by atoms with Gasteiger partial charge in [0.1, 0.15) is 5.82 Å². The van der Waals surface area contributed by atoms with Crippen molar-refractivity contribution >= 4 is 33.6 Å². The maximum atomic E-state index is 14.1. The van der Waals surface area contributed by atoms with Crippen molar-refractivity contribution in [3.8, 4) is 11.1 Å². The lowest BCUT2D eigenvalue weighted by atomic mass is 9.97. The first-order chi connectivity index (χ1) is 20.8. The van der Waals surface area contributed by atoms with Crippen LogP contribution in [0.4, 0.5) is 4.39 Å². The molecule has 0 bridgehead atoms. The minimum absolute atomic E-state index is 0.192. The zero-order valence-corrected chi connectivity index (χ0v) is 23.6. The average Bonchev–Trinajstić information content (AvgIpc) is 3.72. The Labute approximate surface area is 248 Å². The van der Waals surface area contributed by atoms with Crippen molar-refractivity contribution in [1.82, 2.24) is 9.88 Å². The highest BCUT2D eigenvalue weighted by Gasteiger charge is 2.47. The Kier molecular flexibility index (Phi) is 6.35. The van der Waals surface area contributed by atoms with Crippen LogP contribution >= 0.6 is 0 Å². The second kappa shape index (κ2) is 10.2. The molecule has 1 atom stereocenters. The molecule has 0 aliphatic heterocycles. The highest BCUT2D eigenvalue weighted by Crippen LogP contribution is 2.52. The molecule has 6 aromatic rings. The SMILES string of the molecule is C[C@H](NC(=O)c1cc(-c2ccc(F)cc2)cc2ccn(C3(c4ccc5ccccc5c4)CC3)c12)c1ccc(C(=O)O)cc1. The number of nitrogens with one attached hydrogen (secondary N) is 1.